The minimum Gasteiger partial charge on any atom is -0.488 e. The molecule has 0 saturated carbocycles. The second kappa shape index (κ2) is 17.0. The molecule has 3 aromatic carbocycles. The molecule has 0 bridgehead atoms. The molecule has 4 aromatic rings. The van der Waals surface area contributed by atoms with E-state index < -0.39 is 24.7 Å². The quantitative estimate of drug-likeness (QED) is 0.140. The Kier molecular flexibility index (Phi) is 12.2. The highest BCUT2D eigenvalue weighted by Crippen LogP contribution is 2.35. The zero-order chi connectivity index (χ0) is 35.6. The van der Waals surface area contributed by atoms with Gasteiger partial charge in [0.05, 0.1) is 23.3 Å². The van der Waals surface area contributed by atoms with Gasteiger partial charge in [-0.1, -0.05) is 41.9 Å². The molecular formula is C37H37ClN4O8. The lowest BCUT2D eigenvalue weighted by Crippen LogP contribution is -2.39. The number of β-amino-alcohol motifs (C(OH)–C–C–N with tert-alkyl or cyclic N) is 1. The molecule has 2 heterocycles. The van der Waals surface area contributed by atoms with Crippen molar-refractivity contribution in [2.24, 2.45) is 0 Å². The largest absolute Gasteiger partial charge is 0.488 e. The molecule has 0 unspecified atom stereocenters. The van der Waals surface area contributed by atoms with Crippen molar-refractivity contribution in [2.45, 2.75) is 45.2 Å². The average molecular weight is 701 g/mol. The van der Waals surface area contributed by atoms with Crippen LogP contribution in [0.4, 0.5) is 0 Å². The van der Waals surface area contributed by atoms with Gasteiger partial charge in [-0.2, -0.15) is 5.26 Å². The number of rotatable bonds is 15. The first-order chi connectivity index (χ1) is 24.1. The van der Waals surface area contributed by atoms with Crippen LogP contribution in [-0.4, -0.2) is 75.5 Å². The van der Waals surface area contributed by atoms with Crippen molar-refractivity contribution in [2.75, 3.05) is 26.3 Å². The molecule has 1 saturated heterocycles. The number of carboxylic acid groups (broad SMARTS) is 1. The predicted octanol–water partition coefficient (Wildman–Crippen LogP) is 4.25. The molecule has 0 spiro atoms. The summed E-state index contributed by atoms with van der Waals surface area (Å²) in [5, 5.41) is 40.8. The van der Waals surface area contributed by atoms with Crippen molar-refractivity contribution >= 4 is 23.5 Å². The number of nitriles is 1. The van der Waals surface area contributed by atoms with E-state index in [1.165, 1.54) is 6.20 Å². The summed E-state index contributed by atoms with van der Waals surface area (Å²) in [6.45, 7) is 2.38. The lowest BCUT2D eigenvalue weighted by Gasteiger charge is -2.18. The van der Waals surface area contributed by atoms with E-state index in [9.17, 15) is 30.2 Å². The Morgan fingerprint density at radius 3 is 2.60 bits per heavy atom. The van der Waals surface area contributed by atoms with Gasteiger partial charge in [-0.15, -0.1) is 0 Å². The Labute approximate surface area is 294 Å². The van der Waals surface area contributed by atoms with Crippen LogP contribution in [0, 0.1) is 18.3 Å². The number of nitrogens with one attached hydrogen (secondary N) is 1. The summed E-state index contributed by atoms with van der Waals surface area (Å²) in [4.78, 5) is 29.6. The van der Waals surface area contributed by atoms with Gasteiger partial charge in [-0.3, -0.25) is 19.9 Å². The van der Waals surface area contributed by atoms with E-state index in [0.717, 1.165) is 22.3 Å². The SMILES string of the molecule is Cc1c(COc2cc(OCc3cncc(C#N)c3)c(CN[C@H](CO)C(=O)O)cc2Cl)cccc1-c1cccc(OCC(=O)N2CC[C@H](O)C2)c1. The molecule has 1 aliphatic heterocycles. The van der Waals surface area contributed by atoms with Crippen molar-refractivity contribution < 1.29 is 39.1 Å². The summed E-state index contributed by atoms with van der Waals surface area (Å²) in [6.07, 6.45) is 3.11. The minimum absolute atomic E-state index is 0.0306. The normalized spacial score (nSPS) is 14.5. The van der Waals surface area contributed by atoms with Crippen LogP contribution in [0.5, 0.6) is 17.2 Å². The molecule has 13 heteroatoms. The number of aliphatic hydroxyl groups is 2. The van der Waals surface area contributed by atoms with Crippen molar-refractivity contribution in [3.8, 4) is 34.4 Å². The highest BCUT2D eigenvalue weighted by atomic mass is 35.5. The third-order valence-corrected chi connectivity index (χ3v) is 8.60. The second-order valence-electron chi connectivity index (χ2n) is 11.8. The Bertz CT molecular complexity index is 1880. The molecule has 2 atom stereocenters. The number of carbonyl (C=O) groups excluding carboxylic acids is 1. The van der Waals surface area contributed by atoms with Crippen molar-refractivity contribution in [3.05, 3.63) is 106 Å². The van der Waals surface area contributed by atoms with Crippen LogP contribution in [-0.2, 0) is 29.3 Å². The molecule has 12 nitrogen and oxygen atoms in total. The topological polar surface area (TPSA) is 174 Å². The Morgan fingerprint density at radius 1 is 1.06 bits per heavy atom. The molecule has 1 fully saturated rings. The third-order valence-electron chi connectivity index (χ3n) is 8.31. The number of halogens is 1. The smallest absolute Gasteiger partial charge is 0.323 e. The number of aliphatic hydroxyl groups excluding tert-OH is 2. The minimum atomic E-state index is -1.20. The highest BCUT2D eigenvalue weighted by Gasteiger charge is 2.25. The van der Waals surface area contributed by atoms with Gasteiger partial charge in [0.25, 0.3) is 5.91 Å². The van der Waals surface area contributed by atoms with Crippen molar-refractivity contribution in [1.29, 1.82) is 5.26 Å². The van der Waals surface area contributed by atoms with Crippen molar-refractivity contribution in [1.82, 2.24) is 15.2 Å². The first-order valence-corrected chi connectivity index (χ1v) is 16.3. The molecule has 1 amide bonds. The van der Waals surface area contributed by atoms with Crippen LogP contribution < -0.4 is 19.5 Å². The molecule has 4 N–H and O–H groups in total. The summed E-state index contributed by atoms with van der Waals surface area (Å²) in [7, 11) is 0. The predicted molar refractivity (Wildman–Crippen MR) is 184 cm³/mol. The van der Waals surface area contributed by atoms with E-state index in [4.69, 9.17) is 25.8 Å². The number of pyridine rings is 1. The van der Waals surface area contributed by atoms with Crippen LogP contribution >= 0.6 is 11.6 Å². The van der Waals surface area contributed by atoms with Gasteiger partial charge in [-0.25, -0.2) is 0 Å². The maximum absolute atomic E-state index is 12.5. The van der Waals surface area contributed by atoms with Gasteiger partial charge in [0.2, 0.25) is 0 Å². The number of hydrogen-bond donors (Lipinski definition) is 4. The first kappa shape index (κ1) is 36.1. The fourth-order valence-corrected chi connectivity index (χ4v) is 5.72. The van der Waals surface area contributed by atoms with Crippen molar-refractivity contribution in [3.63, 3.8) is 0 Å². The summed E-state index contributed by atoms with van der Waals surface area (Å²) < 4.78 is 18.1. The second-order valence-corrected chi connectivity index (χ2v) is 12.2. The van der Waals surface area contributed by atoms with Gasteiger partial charge in [0.15, 0.2) is 6.61 Å². The number of aromatic nitrogens is 1. The van der Waals surface area contributed by atoms with Gasteiger partial charge in [-0.05, 0) is 59.9 Å². The van der Waals surface area contributed by atoms with E-state index in [2.05, 4.69) is 10.3 Å². The lowest BCUT2D eigenvalue weighted by atomic mass is 9.96. The molecule has 0 radical (unpaired) electrons. The van der Waals surface area contributed by atoms with E-state index >= 15 is 0 Å². The number of nitrogens with zero attached hydrogens (tertiary/aromatic N) is 3. The standard InChI is InChI=1S/C37H37ClN4O8/c1-23-27(5-3-7-31(23)26-4-2-6-30(11-26)48-22-36(45)42-9-8-29(44)18-42)21-50-35-13-34(49-20-25-10-24(14-39)15-40-16-25)28(12-32(35)38)17-41-33(19-43)37(46)47/h2-7,10-13,15-16,29,33,41,43-44H,8-9,17-22H2,1H3,(H,46,47)/t29-,33+/m0/s1. The molecule has 5 rings (SSSR count). The van der Waals surface area contributed by atoms with E-state index in [1.807, 2.05) is 49.4 Å². The molecule has 50 heavy (non-hydrogen) atoms. The fraction of sp³-hybridized carbons (Fsp3) is 0.297. The molecule has 1 aliphatic rings. The summed E-state index contributed by atoms with van der Waals surface area (Å²) in [6, 6.07) is 19.1. The van der Waals surface area contributed by atoms with Crippen LogP contribution in [0.1, 0.15) is 34.2 Å². The number of amides is 1. The summed E-state index contributed by atoms with van der Waals surface area (Å²) in [5.74, 6) is -0.121. The first-order valence-electron chi connectivity index (χ1n) is 15.9. The number of carboxylic acids is 1. The zero-order valence-electron chi connectivity index (χ0n) is 27.3. The molecule has 260 valence electrons. The van der Waals surface area contributed by atoms with Crippen LogP contribution in [0.2, 0.25) is 5.02 Å². The van der Waals surface area contributed by atoms with E-state index in [1.54, 1.807) is 35.4 Å². The fourth-order valence-electron chi connectivity index (χ4n) is 5.48. The summed E-state index contributed by atoms with van der Waals surface area (Å²) in [5.41, 5.74) is 5.28. The number of likely N-dealkylation sites (tertiary alicyclic amines) is 1. The highest BCUT2D eigenvalue weighted by molar-refractivity contribution is 6.32. The number of hydrogen-bond acceptors (Lipinski definition) is 10. The Balaban J connectivity index is 1.31. The Morgan fingerprint density at radius 2 is 1.86 bits per heavy atom. The monoisotopic (exact) mass is 700 g/mol. The van der Waals surface area contributed by atoms with E-state index in [0.29, 0.717) is 53.4 Å². The number of benzene rings is 3. The van der Waals surface area contributed by atoms with Gasteiger partial charge >= 0.3 is 5.97 Å². The van der Waals surface area contributed by atoms with Gasteiger partial charge in [0, 0.05) is 49.2 Å². The molecule has 1 aromatic heterocycles. The number of ether oxygens (including phenoxy) is 3. The third kappa shape index (κ3) is 9.28. The van der Waals surface area contributed by atoms with E-state index in [-0.39, 0.29) is 37.3 Å². The number of carbonyl (C=O) groups is 2. The van der Waals surface area contributed by atoms with Crippen LogP contribution in [0.15, 0.2) is 73.1 Å². The van der Waals surface area contributed by atoms with Crippen LogP contribution in [0.25, 0.3) is 11.1 Å². The molecule has 0 aliphatic carbocycles. The van der Waals surface area contributed by atoms with Gasteiger partial charge in [0.1, 0.15) is 42.6 Å². The van der Waals surface area contributed by atoms with Crippen LogP contribution in [0.3, 0.4) is 0 Å². The Hall–Kier alpha value is -5.19. The maximum Gasteiger partial charge on any atom is 0.323 e. The summed E-state index contributed by atoms with van der Waals surface area (Å²) >= 11 is 6.65. The zero-order valence-corrected chi connectivity index (χ0v) is 28.1. The lowest BCUT2D eigenvalue weighted by molar-refractivity contribution is -0.140. The average Bonchev–Trinajstić information content (AvgIpc) is 3.56. The molecular weight excluding hydrogens is 664 g/mol. The maximum atomic E-state index is 12.5. The number of aliphatic carboxylic acids is 1. The van der Waals surface area contributed by atoms with Gasteiger partial charge < -0.3 is 34.4 Å².